The van der Waals surface area contributed by atoms with Gasteiger partial charge in [0.2, 0.25) is 5.96 Å². The average molecular weight is 403 g/mol. The van der Waals surface area contributed by atoms with Crippen LogP contribution in [0.15, 0.2) is 46.6 Å². The highest BCUT2D eigenvalue weighted by Crippen LogP contribution is 2.28. The highest BCUT2D eigenvalue weighted by atomic mass is 32.2. The molecular formula is C22H34N4OS. The van der Waals surface area contributed by atoms with Crippen LogP contribution >= 0.6 is 11.9 Å². The summed E-state index contributed by atoms with van der Waals surface area (Å²) in [5.74, 6) is 2.45. The van der Waals surface area contributed by atoms with Gasteiger partial charge in [0.25, 0.3) is 0 Å². The largest absolute Gasteiger partial charge is 0.474 e. The maximum Gasteiger partial charge on any atom is 0.207 e. The number of hydrogen-bond acceptors (Lipinski definition) is 6. The van der Waals surface area contributed by atoms with E-state index in [9.17, 15) is 0 Å². The number of nitrogens with zero attached hydrogens (tertiary/aromatic N) is 4. The van der Waals surface area contributed by atoms with Crippen molar-refractivity contribution in [1.29, 1.82) is 0 Å². The first-order valence-corrected chi connectivity index (χ1v) is 11.0. The molecule has 1 aromatic rings. The number of aliphatic imine (C=N–C) groups is 1. The van der Waals surface area contributed by atoms with E-state index >= 15 is 0 Å². The van der Waals surface area contributed by atoms with Crippen LogP contribution in [0.2, 0.25) is 0 Å². The van der Waals surface area contributed by atoms with Crippen molar-refractivity contribution in [2.24, 2.45) is 4.99 Å². The molecular weight excluding hydrogens is 368 g/mol. The minimum absolute atomic E-state index is 0.206. The van der Waals surface area contributed by atoms with Gasteiger partial charge in [-0.1, -0.05) is 26.0 Å². The molecule has 1 aromatic carbocycles. The maximum atomic E-state index is 5.93. The summed E-state index contributed by atoms with van der Waals surface area (Å²) in [4.78, 5) is 10.7. The molecule has 2 heterocycles. The molecule has 2 aliphatic rings. The zero-order valence-electron chi connectivity index (χ0n) is 17.9. The molecule has 0 atom stereocenters. The normalized spacial score (nSPS) is 17.9. The van der Waals surface area contributed by atoms with Gasteiger partial charge in [0.05, 0.1) is 13.1 Å². The summed E-state index contributed by atoms with van der Waals surface area (Å²) in [5.41, 5.74) is 1.18. The maximum absolute atomic E-state index is 5.93. The zero-order valence-corrected chi connectivity index (χ0v) is 18.8. The summed E-state index contributed by atoms with van der Waals surface area (Å²) in [5, 5.41) is 0. The van der Waals surface area contributed by atoms with Crippen molar-refractivity contribution < 1.29 is 4.74 Å². The zero-order chi connectivity index (χ0) is 20.3. The van der Waals surface area contributed by atoms with E-state index in [4.69, 9.17) is 9.73 Å². The highest BCUT2D eigenvalue weighted by Gasteiger charge is 2.28. The van der Waals surface area contributed by atoms with Crippen molar-refractivity contribution in [1.82, 2.24) is 14.1 Å². The Morgan fingerprint density at radius 1 is 1.07 bits per heavy atom. The van der Waals surface area contributed by atoms with Crippen LogP contribution < -0.4 is 0 Å². The standard InChI is InChI=1S/C22H34N4OS/c1-17(2)19-7-9-20(10-8-19)28-26-12-11-23-21(26)25-15-13-24(14-16-25)18(3)27-22(4,5)6/h7-10,17H,3,11-16H2,1-2,4-6H3. The molecule has 0 saturated carbocycles. The van der Waals surface area contributed by atoms with Gasteiger partial charge in [-0.25, -0.2) is 0 Å². The first-order valence-electron chi connectivity index (χ1n) is 10.2. The van der Waals surface area contributed by atoms with Gasteiger partial charge in [-0.15, -0.1) is 0 Å². The predicted molar refractivity (Wildman–Crippen MR) is 119 cm³/mol. The monoisotopic (exact) mass is 402 g/mol. The summed E-state index contributed by atoms with van der Waals surface area (Å²) < 4.78 is 8.27. The van der Waals surface area contributed by atoms with Crippen LogP contribution in [0.3, 0.4) is 0 Å². The molecule has 1 saturated heterocycles. The smallest absolute Gasteiger partial charge is 0.207 e. The van der Waals surface area contributed by atoms with Gasteiger partial charge in [-0.05, 0) is 62.9 Å². The predicted octanol–water partition coefficient (Wildman–Crippen LogP) is 4.39. The molecule has 0 aromatic heterocycles. The summed E-state index contributed by atoms with van der Waals surface area (Å²) >= 11 is 1.79. The third kappa shape index (κ3) is 5.37. The molecule has 0 amide bonds. The van der Waals surface area contributed by atoms with Crippen LogP contribution in [-0.4, -0.2) is 64.9 Å². The Labute approximate surface area is 174 Å². The summed E-state index contributed by atoms with van der Waals surface area (Å²) in [6.45, 7) is 20.3. The third-order valence-corrected chi connectivity index (χ3v) is 5.93. The Kier molecular flexibility index (Phi) is 6.48. The molecule has 0 bridgehead atoms. The van der Waals surface area contributed by atoms with E-state index in [1.54, 1.807) is 11.9 Å². The molecule has 28 heavy (non-hydrogen) atoms. The lowest BCUT2D eigenvalue weighted by molar-refractivity contribution is -0.00527. The van der Waals surface area contributed by atoms with Crippen molar-refractivity contribution in [2.75, 3.05) is 39.3 Å². The van der Waals surface area contributed by atoms with E-state index in [1.165, 1.54) is 10.5 Å². The Hall–Kier alpha value is -1.82. The van der Waals surface area contributed by atoms with Crippen LogP contribution in [0.25, 0.3) is 0 Å². The van der Waals surface area contributed by atoms with Crippen molar-refractivity contribution in [2.45, 2.75) is 51.0 Å². The lowest BCUT2D eigenvalue weighted by Crippen LogP contribution is -2.51. The first kappa shape index (κ1) is 20.9. The average Bonchev–Trinajstić information content (AvgIpc) is 3.09. The van der Waals surface area contributed by atoms with E-state index in [-0.39, 0.29) is 5.60 Å². The lowest BCUT2D eigenvalue weighted by Gasteiger charge is -2.40. The van der Waals surface area contributed by atoms with Crippen molar-refractivity contribution in [3.63, 3.8) is 0 Å². The molecule has 0 spiro atoms. The minimum Gasteiger partial charge on any atom is -0.474 e. The van der Waals surface area contributed by atoms with Crippen LogP contribution in [0.4, 0.5) is 0 Å². The number of rotatable bonds is 5. The summed E-state index contributed by atoms with van der Waals surface area (Å²) in [6, 6.07) is 8.92. The second-order valence-corrected chi connectivity index (χ2v) is 9.78. The number of ether oxygens (including phenoxy) is 1. The van der Waals surface area contributed by atoms with E-state index in [2.05, 4.69) is 79.6 Å². The molecule has 2 aliphatic heterocycles. The van der Waals surface area contributed by atoms with Crippen LogP contribution in [0.5, 0.6) is 0 Å². The Balaban J connectivity index is 1.55. The molecule has 5 nitrogen and oxygen atoms in total. The summed E-state index contributed by atoms with van der Waals surface area (Å²) in [6.07, 6.45) is 0. The molecule has 0 aliphatic carbocycles. The number of guanidine groups is 1. The van der Waals surface area contributed by atoms with E-state index in [0.29, 0.717) is 5.92 Å². The first-order chi connectivity index (χ1) is 13.2. The lowest BCUT2D eigenvalue weighted by atomic mass is 10.0. The fourth-order valence-electron chi connectivity index (χ4n) is 3.38. The summed E-state index contributed by atoms with van der Waals surface area (Å²) in [7, 11) is 0. The van der Waals surface area contributed by atoms with Gasteiger partial charge in [0.1, 0.15) is 5.60 Å². The molecule has 1 fully saturated rings. The fourth-order valence-corrected chi connectivity index (χ4v) is 4.32. The minimum atomic E-state index is -0.206. The SMILES string of the molecule is C=C(OC(C)(C)C)N1CCN(C2=NCCN2Sc2ccc(C(C)C)cc2)CC1. The van der Waals surface area contributed by atoms with Gasteiger partial charge in [0, 0.05) is 31.1 Å². The molecule has 0 radical (unpaired) electrons. The van der Waals surface area contributed by atoms with Crippen molar-refractivity contribution >= 4 is 17.9 Å². The van der Waals surface area contributed by atoms with E-state index in [1.807, 2.05) is 0 Å². The van der Waals surface area contributed by atoms with Gasteiger partial charge in [-0.3, -0.25) is 9.30 Å². The Morgan fingerprint density at radius 3 is 2.29 bits per heavy atom. The Morgan fingerprint density at radius 2 is 1.71 bits per heavy atom. The molecule has 0 unspecified atom stereocenters. The molecule has 3 rings (SSSR count). The van der Waals surface area contributed by atoms with Gasteiger partial charge in [0.15, 0.2) is 5.88 Å². The topological polar surface area (TPSA) is 31.3 Å². The van der Waals surface area contributed by atoms with Crippen LogP contribution in [-0.2, 0) is 4.74 Å². The molecule has 154 valence electrons. The van der Waals surface area contributed by atoms with Gasteiger partial charge >= 0.3 is 0 Å². The van der Waals surface area contributed by atoms with Crippen molar-refractivity contribution in [3.8, 4) is 0 Å². The third-order valence-electron chi connectivity index (χ3n) is 4.88. The number of hydrogen-bond donors (Lipinski definition) is 0. The van der Waals surface area contributed by atoms with E-state index in [0.717, 1.165) is 51.1 Å². The van der Waals surface area contributed by atoms with Crippen LogP contribution in [0.1, 0.15) is 46.1 Å². The second kappa shape index (κ2) is 8.68. The Bertz CT molecular complexity index is 700. The number of piperazine rings is 1. The van der Waals surface area contributed by atoms with Crippen LogP contribution in [0, 0.1) is 0 Å². The van der Waals surface area contributed by atoms with E-state index < -0.39 is 0 Å². The quantitative estimate of drug-likeness (QED) is 0.538. The van der Waals surface area contributed by atoms with Gasteiger partial charge in [-0.2, -0.15) is 0 Å². The highest BCUT2D eigenvalue weighted by molar-refractivity contribution is 7.97. The molecule has 6 heteroatoms. The second-order valence-electron chi connectivity index (χ2n) is 8.68. The molecule has 0 N–H and O–H groups in total. The van der Waals surface area contributed by atoms with Gasteiger partial charge < -0.3 is 14.5 Å². The fraction of sp³-hybridized carbons (Fsp3) is 0.591. The van der Waals surface area contributed by atoms with Crippen molar-refractivity contribution in [3.05, 3.63) is 42.3 Å². The number of benzene rings is 1.